The van der Waals surface area contributed by atoms with Gasteiger partial charge in [-0.2, -0.15) is 0 Å². The van der Waals surface area contributed by atoms with Crippen LogP contribution in [0.2, 0.25) is 0 Å². The first-order chi connectivity index (χ1) is 11.4. The maximum Gasteiger partial charge on any atom is 0.312 e. The highest BCUT2D eigenvalue weighted by Crippen LogP contribution is 2.42. The Morgan fingerprint density at radius 3 is 2.38 bits per heavy atom. The molecule has 1 fully saturated rings. The second-order valence-electron chi connectivity index (χ2n) is 8.00. The van der Waals surface area contributed by atoms with Crippen LogP contribution in [-0.2, 0) is 14.3 Å². The Kier molecular flexibility index (Phi) is 9.38. The lowest BCUT2D eigenvalue weighted by Crippen LogP contribution is -2.39. The molecule has 0 radical (unpaired) electrons. The van der Waals surface area contributed by atoms with Crippen molar-refractivity contribution in [2.24, 2.45) is 17.3 Å². The lowest BCUT2D eigenvalue weighted by molar-refractivity contribution is -0.164. The average Bonchev–Trinajstić information content (AvgIpc) is 2.51. The van der Waals surface area contributed by atoms with Gasteiger partial charge in [-0.05, 0) is 31.1 Å². The highest BCUT2D eigenvalue weighted by atomic mass is 16.5. The van der Waals surface area contributed by atoms with Crippen LogP contribution in [0.25, 0.3) is 0 Å². The Hall–Kier alpha value is -1.06. The number of ether oxygens (including phenoxy) is 1. The zero-order chi connectivity index (χ0) is 18.0. The first-order valence-electron chi connectivity index (χ1n) is 9.78. The number of rotatable bonds is 11. The predicted octanol–water partition coefficient (Wildman–Crippen LogP) is 5.20. The van der Waals surface area contributed by atoms with Crippen LogP contribution < -0.4 is 0 Å². The quantitative estimate of drug-likeness (QED) is 0.415. The van der Waals surface area contributed by atoms with E-state index in [1.54, 1.807) is 0 Å². The number of carboxylic acids is 1. The number of unbranched alkanes of at least 4 members (excludes halogenated alkanes) is 2. The molecule has 1 aliphatic rings. The van der Waals surface area contributed by atoms with Crippen LogP contribution in [0, 0.1) is 17.3 Å². The van der Waals surface area contributed by atoms with E-state index in [1.807, 2.05) is 0 Å². The van der Waals surface area contributed by atoms with Crippen LogP contribution in [0.4, 0.5) is 0 Å². The van der Waals surface area contributed by atoms with Crippen molar-refractivity contribution in [3.63, 3.8) is 0 Å². The molecule has 1 aliphatic carbocycles. The Labute approximate surface area is 147 Å². The van der Waals surface area contributed by atoms with Gasteiger partial charge in [0.25, 0.3) is 0 Å². The lowest BCUT2D eigenvalue weighted by Gasteiger charge is -2.36. The van der Waals surface area contributed by atoms with E-state index in [0.29, 0.717) is 25.4 Å². The van der Waals surface area contributed by atoms with E-state index in [-0.39, 0.29) is 18.3 Å². The third kappa shape index (κ3) is 7.23. The van der Waals surface area contributed by atoms with Gasteiger partial charge in [-0.25, -0.2) is 0 Å². The van der Waals surface area contributed by atoms with E-state index in [9.17, 15) is 14.7 Å². The van der Waals surface area contributed by atoms with E-state index in [4.69, 9.17) is 4.74 Å². The molecule has 0 saturated heterocycles. The lowest BCUT2D eigenvalue weighted by atomic mass is 9.68. The highest BCUT2D eigenvalue weighted by molar-refractivity contribution is 5.82. The van der Waals surface area contributed by atoms with Gasteiger partial charge in [0.2, 0.25) is 0 Å². The van der Waals surface area contributed by atoms with Gasteiger partial charge in [-0.15, -0.1) is 0 Å². The van der Waals surface area contributed by atoms with Gasteiger partial charge in [0, 0.05) is 0 Å². The van der Waals surface area contributed by atoms with E-state index in [1.165, 1.54) is 19.3 Å². The molecule has 1 rings (SSSR count). The van der Waals surface area contributed by atoms with Gasteiger partial charge in [0.1, 0.15) is 0 Å². The standard InChI is InChI=1S/C20H36O4/c1-4-5-9-12-24-19(23)20(13-16(2)3,15-18(21)22)14-17-10-7-6-8-11-17/h16-17H,4-15H2,1-3H3,(H,21,22). The number of hydrogen-bond donors (Lipinski definition) is 1. The Bertz CT molecular complexity index is 385. The van der Waals surface area contributed by atoms with Crippen molar-refractivity contribution in [1.29, 1.82) is 0 Å². The summed E-state index contributed by atoms with van der Waals surface area (Å²) in [6, 6.07) is 0. The zero-order valence-corrected chi connectivity index (χ0v) is 15.8. The molecule has 4 nitrogen and oxygen atoms in total. The van der Waals surface area contributed by atoms with Crippen molar-refractivity contribution in [3.05, 3.63) is 0 Å². The summed E-state index contributed by atoms with van der Waals surface area (Å²) in [5, 5.41) is 9.44. The van der Waals surface area contributed by atoms with Crippen molar-refractivity contribution in [2.45, 2.75) is 91.4 Å². The maximum absolute atomic E-state index is 12.9. The second kappa shape index (κ2) is 10.7. The van der Waals surface area contributed by atoms with Crippen molar-refractivity contribution >= 4 is 11.9 Å². The summed E-state index contributed by atoms with van der Waals surface area (Å²) in [5.41, 5.74) is -0.853. The summed E-state index contributed by atoms with van der Waals surface area (Å²) in [5.74, 6) is -0.437. The largest absolute Gasteiger partial charge is 0.481 e. The molecule has 0 aliphatic heterocycles. The van der Waals surface area contributed by atoms with Gasteiger partial charge >= 0.3 is 11.9 Å². The van der Waals surface area contributed by atoms with Gasteiger partial charge in [0.15, 0.2) is 0 Å². The fourth-order valence-electron chi connectivity index (χ4n) is 4.15. The van der Waals surface area contributed by atoms with Gasteiger partial charge in [-0.3, -0.25) is 9.59 Å². The SMILES string of the molecule is CCCCCOC(=O)C(CC(=O)O)(CC(C)C)CC1CCCCC1. The van der Waals surface area contributed by atoms with Crippen molar-refractivity contribution in [2.75, 3.05) is 6.61 Å². The zero-order valence-electron chi connectivity index (χ0n) is 15.8. The van der Waals surface area contributed by atoms with Gasteiger partial charge in [-0.1, -0.05) is 65.7 Å². The molecular formula is C20H36O4. The van der Waals surface area contributed by atoms with Crippen LogP contribution in [0.15, 0.2) is 0 Å². The minimum Gasteiger partial charge on any atom is -0.481 e. The summed E-state index contributed by atoms with van der Waals surface area (Å²) >= 11 is 0. The number of carboxylic acid groups (broad SMARTS) is 1. The number of carbonyl (C=O) groups is 2. The topological polar surface area (TPSA) is 63.6 Å². The van der Waals surface area contributed by atoms with Crippen molar-refractivity contribution < 1.29 is 19.4 Å². The van der Waals surface area contributed by atoms with Crippen LogP contribution >= 0.6 is 0 Å². The molecule has 1 N–H and O–H groups in total. The molecule has 1 unspecified atom stereocenters. The van der Waals surface area contributed by atoms with Crippen molar-refractivity contribution in [1.82, 2.24) is 0 Å². The molecule has 24 heavy (non-hydrogen) atoms. The molecular weight excluding hydrogens is 304 g/mol. The first kappa shape index (κ1) is 21.0. The Balaban J connectivity index is 2.86. The molecule has 0 aromatic carbocycles. The molecule has 0 spiro atoms. The monoisotopic (exact) mass is 340 g/mol. The molecule has 0 aromatic heterocycles. The number of hydrogen-bond acceptors (Lipinski definition) is 3. The number of esters is 1. The smallest absolute Gasteiger partial charge is 0.312 e. The third-order valence-corrected chi connectivity index (χ3v) is 5.11. The number of aliphatic carboxylic acids is 1. The fourth-order valence-corrected chi connectivity index (χ4v) is 4.15. The van der Waals surface area contributed by atoms with E-state index < -0.39 is 11.4 Å². The second-order valence-corrected chi connectivity index (χ2v) is 8.00. The number of carbonyl (C=O) groups excluding carboxylic acids is 1. The van der Waals surface area contributed by atoms with Crippen LogP contribution in [0.1, 0.15) is 91.4 Å². The molecule has 0 amide bonds. The molecule has 0 heterocycles. The molecule has 1 saturated carbocycles. The van der Waals surface area contributed by atoms with Crippen LogP contribution in [0.5, 0.6) is 0 Å². The fraction of sp³-hybridized carbons (Fsp3) is 0.900. The molecule has 0 aromatic rings. The normalized spacial score (nSPS) is 18.3. The molecule has 1 atom stereocenters. The summed E-state index contributed by atoms with van der Waals surface area (Å²) < 4.78 is 5.55. The highest BCUT2D eigenvalue weighted by Gasteiger charge is 2.44. The van der Waals surface area contributed by atoms with Crippen LogP contribution in [0.3, 0.4) is 0 Å². The van der Waals surface area contributed by atoms with Crippen LogP contribution in [-0.4, -0.2) is 23.7 Å². The minimum atomic E-state index is -0.892. The van der Waals surface area contributed by atoms with Gasteiger partial charge in [0.05, 0.1) is 18.4 Å². The third-order valence-electron chi connectivity index (χ3n) is 5.11. The van der Waals surface area contributed by atoms with Crippen molar-refractivity contribution in [3.8, 4) is 0 Å². The Morgan fingerprint density at radius 2 is 1.83 bits per heavy atom. The average molecular weight is 341 g/mol. The molecule has 4 heteroatoms. The van der Waals surface area contributed by atoms with E-state index in [0.717, 1.165) is 32.1 Å². The summed E-state index contributed by atoms with van der Waals surface area (Å²) in [4.78, 5) is 24.4. The molecule has 140 valence electrons. The predicted molar refractivity (Wildman–Crippen MR) is 95.8 cm³/mol. The van der Waals surface area contributed by atoms with E-state index >= 15 is 0 Å². The summed E-state index contributed by atoms with van der Waals surface area (Å²) in [7, 11) is 0. The summed E-state index contributed by atoms with van der Waals surface area (Å²) in [6.07, 6.45) is 10.0. The minimum absolute atomic E-state index is 0.103. The maximum atomic E-state index is 12.9. The summed E-state index contributed by atoms with van der Waals surface area (Å²) in [6.45, 7) is 6.64. The van der Waals surface area contributed by atoms with Gasteiger partial charge < -0.3 is 9.84 Å². The first-order valence-corrected chi connectivity index (χ1v) is 9.78. The Morgan fingerprint density at radius 1 is 1.17 bits per heavy atom. The van der Waals surface area contributed by atoms with E-state index in [2.05, 4.69) is 20.8 Å². The molecule has 0 bridgehead atoms.